The number of nitrogens with one attached hydrogen (secondary N) is 2. The van der Waals surface area contributed by atoms with Crippen LogP contribution in [0.15, 0.2) is 42.5 Å². The van der Waals surface area contributed by atoms with Crippen molar-refractivity contribution >= 4 is 23.2 Å². The summed E-state index contributed by atoms with van der Waals surface area (Å²) in [5.74, 6) is -1.17. The zero-order valence-electron chi connectivity index (χ0n) is 15.7. The van der Waals surface area contributed by atoms with E-state index in [0.717, 1.165) is 11.8 Å². The molecule has 2 amide bonds. The predicted molar refractivity (Wildman–Crippen MR) is 104 cm³/mol. The Kier molecular flexibility index (Phi) is 7.31. The fourth-order valence-electron chi connectivity index (χ4n) is 2.53. The van der Waals surface area contributed by atoms with Crippen molar-refractivity contribution in [3.63, 3.8) is 0 Å². The number of rotatable bonds is 8. The second-order valence-electron chi connectivity index (χ2n) is 6.19. The lowest BCUT2D eigenvalue weighted by atomic mass is 10.1. The summed E-state index contributed by atoms with van der Waals surface area (Å²) in [6.45, 7) is 1.05. The average molecular weight is 373 g/mol. The van der Waals surface area contributed by atoms with E-state index in [1.165, 1.54) is 18.2 Å². The normalized spacial score (nSPS) is 10.4. The maximum atomic E-state index is 13.3. The molecule has 0 radical (unpaired) electrons. The SMILES string of the molecule is COCCCNC(=O)c1cc(NC(=O)c2cccc(F)c2)ccc1N(C)C. The van der Waals surface area contributed by atoms with Crippen molar-refractivity contribution in [1.82, 2.24) is 5.32 Å². The van der Waals surface area contributed by atoms with Crippen LogP contribution in [-0.2, 0) is 4.74 Å². The number of carbonyl (C=O) groups excluding carboxylic acids is 2. The molecule has 7 heteroatoms. The molecule has 0 atom stereocenters. The van der Waals surface area contributed by atoms with Gasteiger partial charge < -0.3 is 20.3 Å². The van der Waals surface area contributed by atoms with Gasteiger partial charge in [0.1, 0.15) is 5.82 Å². The Bertz CT molecular complexity index is 809. The van der Waals surface area contributed by atoms with Crippen LogP contribution in [0, 0.1) is 5.82 Å². The largest absolute Gasteiger partial charge is 0.385 e. The van der Waals surface area contributed by atoms with Gasteiger partial charge in [-0.1, -0.05) is 6.07 Å². The van der Waals surface area contributed by atoms with Gasteiger partial charge in [0.2, 0.25) is 0 Å². The lowest BCUT2D eigenvalue weighted by Gasteiger charge is -2.18. The zero-order valence-corrected chi connectivity index (χ0v) is 15.7. The van der Waals surface area contributed by atoms with Gasteiger partial charge >= 0.3 is 0 Å². The number of halogens is 1. The molecule has 6 nitrogen and oxygen atoms in total. The van der Waals surface area contributed by atoms with E-state index in [-0.39, 0.29) is 11.5 Å². The lowest BCUT2D eigenvalue weighted by molar-refractivity contribution is 0.0947. The summed E-state index contributed by atoms with van der Waals surface area (Å²) in [5, 5.41) is 5.54. The number of hydrogen-bond acceptors (Lipinski definition) is 4. The number of ether oxygens (including phenoxy) is 1. The van der Waals surface area contributed by atoms with Gasteiger partial charge in [-0.3, -0.25) is 9.59 Å². The summed E-state index contributed by atoms with van der Waals surface area (Å²) in [5.41, 5.74) is 1.83. The van der Waals surface area contributed by atoms with Crippen LogP contribution < -0.4 is 15.5 Å². The average Bonchev–Trinajstić information content (AvgIpc) is 2.64. The summed E-state index contributed by atoms with van der Waals surface area (Å²) >= 11 is 0. The Labute approximate surface area is 158 Å². The fourth-order valence-corrected chi connectivity index (χ4v) is 2.53. The second kappa shape index (κ2) is 9.68. The maximum Gasteiger partial charge on any atom is 0.255 e. The van der Waals surface area contributed by atoms with Gasteiger partial charge in [0.05, 0.1) is 5.56 Å². The topological polar surface area (TPSA) is 70.7 Å². The third-order valence-electron chi connectivity index (χ3n) is 3.88. The Morgan fingerprint density at radius 2 is 1.89 bits per heavy atom. The third kappa shape index (κ3) is 5.79. The molecule has 0 aliphatic heterocycles. The number of methoxy groups -OCH3 is 1. The molecule has 144 valence electrons. The third-order valence-corrected chi connectivity index (χ3v) is 3.88. The molecule has 0 aliphatic rings. The molecule has 2 rings (SSSR count). The van der Waals surface area contributed by atoms with Crippen LogP contribution in [0.4, 0.5) is 15.8 Å². The number of amides is 2. The molecule has 0 aliphatic carbocycles. The van der Waals surface area contributed by atoms with E-state index < -0.39 is 11.7 Å². The van der Waals surface area contributed by atoms with Crippen molar-refractivity contribution in [2.75, 3.05) is 44.6 Å². The van der Waals surface area contributed by atoms with Crippen molar-refractivity contribution in [2.45, 2.75) is 6.42 Å². The summed E-state index contributed by atoms with van der Waals surface area (Å²) in [6.07, 6.45) is 0.704. The highest BCUT2D eigenvalue weighted by Gasteiger charge is 2.15. The molecule has 0 saturated heterocycles. The molecule has 2 aromatic rings. The summed E-state index contributed by atoms with van der Waals surface area (Å²) in [4.78, 5) is 26.7. The van der Waals surface area contributed by atoms with Crippen LogP contribution in [-0.4, -0.2) is 46.2 Å². The van der Waals surface area contributed by atoms with Gasteiger partial charge in [-0.15, -0.1) is 0 Å². The van der Waals surface area contributed by atoms with Gasteiger partial charge in [-0.25, -0.2) is 4.39 Å². The minimum absolute atomic E-state index is 0.206. The van der Waals surface area contributed by atoms with E-state index >= 15 is 0 Å². The summed E-state index contributed by atoms with van der Waals surface area (Å²) < 4.78 is 18.3. The number of carbonyl (C=O) groups is 2. The van der Waals surface area contributed by atoms with E-state index in [4.69, 9.17) is 4.74 Å². The smallest absolute Gasteiger partial charge is 0.255 e. The van der Waals surface area contributed by atoms with E-state index in [2.05, 4.69) is 10.6 Å². The Morgan fingerprint density at radius 1 is 1.11 bits per heavy atom. The minimum Gasteiger partial charge on any atom is -0.385 e. The van der Waals surface area contributed by atoms with Gasteiger partial charge in [0.25, 0.3) is 11.8 Å². The quantitative estimate of drug-likeness (QED) is 0.698. The van der Waals surface area contributed by atoms with Crippen molar-refractivity contribution in [1.29, 1.82) is 0 Å². The van der Waals surface area contributed by atoms with Crippen LogP contribution in [0.2, 0.25) is 0 Å². The van der Waals surface area contributed by atoms with E-state index in [1.807, 2.05) is 19.0 Å². The van der Waals surface area contributed by atoms with Crippen molar-refractivity contribution in [3.05, 3.63) is 59.4 Å². The first-order valence-electron chi connectivity index (χ1n) is 8.58. The number of nitrogens with zero attached hydrogens (tertiary/aromatic N) is 1. The van der Waals surface area contributed by atoms with Crippen LogP contribution in [0.5, 0.6) is 0 Å². The number of hydrogen-bond donors (Lipinski definition) is 2. The van der Waals surface area contributed by atoms with Crippen LogP contribution >= 0.6 is 0 Å². The monoisotopic (exact) mass is 373 g/mol. The predicted octanol–water partition coefficient (Wildman–Crippen LogP) is 2.91. The first-order valence-corrected chi connectivity index (χ1v) is 8.58. The summed E-state index contributed by atoms with van der Waals surface area (Å²) in [7, 11) is 5.28. The highest BCUT2D eigenvalue weighted by Crippen LogP contribution is 2.23. The molecular formula is C20H24FN3O3. The first-order chi connectivity index (χ1) is 12.9. The zero-order chi connectivity index (χ0) is 19.8. The molecule has 0 fully saturated rings. The second-order valence-corrected chi connectivity index (χ2v) is 6.19. The molecule has 2 N–H and O–H groups in total. The molecule has 0 heterocycles. The van der Waals surface area contributed by atoms with Gasteiger partial charge in [-0.05, 0) is 42.8 Å². The number of benzene rings is 2. The fraction of sp³-hybridized carbons (Fsp3) is 0.300. The van der Waals surface area contributed by atoms with Crippen molar-refractivity contribution < 1.29 is 18.7 Å². The molecule has 0 spiro atoms. The Hall–Kier alpha value is -2.93. The van der Waals surface area contributed by atoms with Crippen LogP contribution in [0.1, 0.15) is 27.1 Å². The van der Waals surface area contributed by atoms with Gasteiger partial charge in [0, 0.05) is 51.3 Å². The van der Waals surface area contributed by atoms with Crippen molar-refractivity contribution in [2.24, 2.45) is 0 Å². The number of anilines is 2. The van der Waals surface area contributed by atoms with E-state index in [9.17, 15) is 14.0 Å². The minimum atomic E-state index is -0.485. The molecule has 0 unspecified atom stereocenters. The molecular weight excluding hydrogens is 349 g/mol. The van der Waals surface area contributed by atoms with Crippen LogP contribution in [0.25, 0.3) is 0 Å². The van der Waals surface area contributed by atoms with E-state index in [1.54, 1.807) is 25.3 Å². The lowest BCUT2D eigenvalue weighted by Crippen LogP contribution is -2.27. The maximum absolute atomic E-state index is 13.3. The van der Waals surface area contributed by atoms with Gasteiger partial charge in [0.15, 0.2) is 0 Å². The molecule has 27 heavy (non-hydrogen) atoms. The van der Waals surface area contributed by atoms with Crippen molar-refractivity contribution in [3.8, 4) is 0 Å². The standard InChI is InChI=1S/C20H24FN3O3/c1-24(2)18-9-8-16(13-17(18)20(26)22-10-5-11-27-3)23-19(25)14-6-4-7-15(21)12-14/h4,6-9,12-13H,5,10-11H2,1-3H3,(H,22,26)(H,23,25). The highest BCUT2D eigenvalue weighted by molar-refractivity contribution is 6.06. The Balaban J connectivity index is 2.18. The van der Waals surface area contributed by atoms with Crippen LogP contribution in [0.3, 0.4) is 0 Å². The molecule has 0 saturated carbocycles. The van der Waals surface area contributed by atoms with Gasteiger partial charge in [-0.2, -0.15) is 0 Å². The molecule has 0 bridgehead atoms. The summed E-state index contributed by atoms with van der Waals surface area (Å²) in [6, 6.07) is 10.5. The molecule has 2 aromatic carbocycles. The Morgan fingerprint density at radius 3 is 2.56 bits per heavy atom. The van der Waals surface area contributed by atoms with E-state index in [0.29, 0.717) is 30.8 Å². The first kappa shape index (κ1) is 20.4. The molecule has 0 aromatic heterocycles. The highest BCUT2D eigenvalue weighted by atomic mass is 19.1.